The fourth-order valence-corrected chi connectivity index (χ4v) is 5.87. The van der Waals surface area contributed by atoms with Gasteiger partial charge >= 0.3 is 0 Å². The first-order valence-corrected chi connectivity index (χ1v) is 12.2. The van der Waals surface area contributed by atoms with Gasteiger partial charge in [-0.05, 0) is 107 Å². The van der Waals surface area contributed by atoms with E-state index in [-0.39, 0.29) is 0 Å². The maximum absolute atomic E-state index is 2.57. The number of allylic oxidation sites excluding steroid dienone is 3. The Bertz CT molecular complexity index is 1030. The lowest BCUT2D eigenvalue weighted by Gasteiger charge is -2.30. The Morgan fingerprint density at radius 1 is 0.800 bits per heavy atom. The van der Waals surface area contributed by atoms with Crippen LogP contribution in [0.25, 0.3) is 11.6 Å². The predicted molar refractivity (Wildman–Crippen MR) is 130 cm³/mol. The molecule has 0 aliphatic heterocycles. The summed E-state index contributed by atoms with van der Waals surface area (Å²) >= 11 is 0. The van der Waals surface area contributed by atoms with E-state index in [1.54, 1.807) is 39.0 Å². The molecule has 0 heterocycles. The molecule has 0 heteroatoms. The van der Waals surface area contributed by atoms with E-state index in [2.05, 4.69) is 70.2 Å². The Morgan fingerprint density at radius 2 is 1.63 bits per heavy atom. The van der Waals surface area contributed by atoms with Crippen LogP contribution in [0.15, 0.2) is 42.0 Å². The van der Waals surface area contributed by atoms with E-state index < -0.39 is 0 Å². The van der Waals surface area contributed by atoms with Gasteiger partial charge in [-0.3, -0.25) is 0 Å². The van der Waals surface area contributed by atoms with Crippen LogP contribution >= 0.6 is 0 Å². The predicted octanol–water partition coefficient (Wildman–Crippen LogP) is 8.25. The molecule has 4 bridgehead atoms. The Hall–Kier alpha value is -2.08. The monoisotopic (exact) mass is 396 g/mol. The Balaban J connectivity index is 1.58. The molecule has 156 valence electrons. The molecule has 6 rings (SSSR count). The molecule has 0 unspecified atom stereocenters. The van der Waals surface area contributed by atoms with E-state index >= 15 is 0 Å². The van der Waals surface area contributed by atoms with Gasteiger partial charge in [0.25, 0.3) is 0 Å². The normalized spacial score (nSPS) is 20.4. The lowest BCUT2D eigenvalue weighted by Crippen LogP contribution is -2.14. The maximum atomic E-state index is 2.57. The fraction of sp³-hybridized carbons (Fsp3) is 0.467. The van der Waals surface area contributed by atoms with E-state index in [4.69, 9.17) is 0 Å². The highest BCUT2D eigenvalue weighted by Gasteiger charge is 2.25. The van der Waals surface area contributed by atoms with Crippen molar-refractivity contribution in [3.8, 4) is 0 Å². The van der Waals surface area contributed by atoms with Gasteiger partial charge in [0.2, 0.25) is 0 Å². The molecule has 4 aliphatic rings. The number of fused-ring (bicyclic) bond motifs is 4. The van der Waals surface area contributed by atoms with Crippen molar-refractivity contribution in [3.05, 3.63) is 80.9 Å². The van der Waals surface area contributed by atoms with E-state index in [1.807, 2.05) is 0 Å². The molecule has 0 saturated heterocycles. The first-order chi connectivity index (χ1) is 14.5. The average Bonchev–Trinajstić information content (AvgIpc) is 2.74. The highest BCUT2D eigenvalue weighted by atomic mass is 14.3. The molecule has 0 nitrogen and oxygen atoms in total. The van der Waals surface area contributed by atoms with Crippen LogP contribution in [0.2, 0.25) is 0 Å². The maximum Gasteiger partial charge on any atom is -0.0118 e. The average molecular weight is 397 g/mol. The van der Waals surface area contributed by atoms with E-state index in [0.717, 1.165) is 12.8 Å². The molecular weight excluding hydrogens is 360 g/mol. The minimum Gasteiger partial charge on any atom is -0.0801 e. The lowest BCUT2D eigenvalue weighted by molar-refractivity contribution is 0.616. The largest absolute Gasteiger partial charge is 0.0801 e. The molecule has 0 aromatic heterocycles. The second-order valence-electron chi connectivity index (χ2n) is 10.4. The standard InChI is InChI=1S/C30H36/c1-19(2)25-13-15-27-21-5-9-23(29(27)17-25)11-7-22-6-10-24(12-8-21)30-18-26(20(3)4)14-16-28(22)30/h5-6,9,14,16-20,24H,7-8,10-13,15H2,1-4H3/t24-/m1/s1. The summed E-state index contributed by atoms with van der Waals surface area (Å²) in [6.07, 6.45) is 13.6. The highest BCUT2D eigenvalue weighted by molar-refractivity contribution is 5.73. The van der Waals surface area contributed by atoms with Crippen molar-refractivity contribution in [2.75, 3.05) is 0 Å². The summed E-state index contributed by atoms with van der Waals surface area (Å²) in [4.78, 5) is 0. The number of aryl methyl sites for hydroxylation is 2. The quantitative estimate of drug-likeness (QED) is 0.479. The summed E-state index contributed by atoms with van der Waals surface area (Å²) in [5, 5.41) is 0. The third-order valence-corrected chi connectivity index (χ3v) is 7.88. The molecule has 0 radical (unpaired) electrons. The van der Waals surface area contributed by atoms with Crippen LogP contribution in [-0.4, -0.2) is 0 Å². The number of benzene rings is 2. The summed E-state index contributed by atoms with van der Waals surface area (Å²) in [7, 11) is 0. The van der Waals surface area contributed by atoms with E-state index in [1.165, 1.54) is 43.2 Å². The first-order valence-electron chi connectivity index (χ1n) is 12.2. The summed E-state index contributed by atoms with van der Waals surface area (Å²) in [6, 6.07) is 12.3. The number of hydrogen-bond acceptors (Lipinski definition) is 0. The van der Waals surface area contributed by atoms with E-state index in [9.17, 15) is 0 Å². The molecule has 30 heavy (non-hydrogen) atoms. The zero-order chi connectivity index (χ0) is 20.8. The topological polar surface area (TPSA) is 0 Å². The molecule has 0 N–H and O–H groups in total. The van der Waals surface area contributed by atoms with Crippen LogP contribution < -0.4 is 0 Å². The molecule has 0 saturated carbocycles. The summed E-state index contributed by atoms with van der Waals surface area (Å²) < 4.78 is 0. The van der Waals surface area contributed by atoms with Crippen LogP contribution in [0.1, 0.15) is 104 Å². The highest BCUT2D eigenvalue weighted by Crippen LogP contribution is 2.42. The van der Waals surface area contributed by atoms with Crippen LogP contribution in [0.4, 0.5) is 0 Å². The second kappa shape index (κ2) is 7.88. The zero-order valence-corrected chi connectivity index (χ0v) is 19.2. The molecule has 2 aromatic rings. The molecule has 1 atom stereocenters. The first kappa shape index (κ1) is 19.9. The van der Waals surface area contributed by atoms with Crippen molar-refractivity contribution in [2.45, 2.75) is 84.5 Å². The van der Waals surface area contributed by atoms with Crippen LogP contribution in [0.5, 0.6) is 0 Å². The van der Waals surface area contributed by atoms with Crippen molar-refractivity contribution in [2.24, 2.45) is 5.92 Å². The Morgan fingerprint density at radius 3 is 2.43 bits per heavy atom. The van der Waals surface area contributed by atoms with Crippen molar-refractivity contribution in [3.63, 3.8) is 0 Å². The summed E-state index contributed by atoms with van der Waals surface area (Å²) in [5.74, 6) is 1.93. The van der Waals surface area contributed by atoms with Crippen LogP contribution in [0.3, 0.4) is 0 Å². The van der Waals surface area contributed by atoms with Gasteiger partial charge in [0, 0.05) is 0 Å². The van der Waals surface area contributed by atoms with Gasteiger partial charge in [0.05, 0.1) is 0 Å². The summed E-state index contributed by atoms with van der Waals surface area (Å²) in [6.45, 7) is 9.34. The van der Waals surface area contributed by atoms with Gasteiger partial charge in [0.15, 0.2) is 0 Å². The second-order valence-corrected chi connectivity index (χ2v) is 10.4. The minimum atomic E-state index is 0.602. The van der Waals surface area contributed by atoms with Crippen molar-refractivity contribution < 1.29 is 0 Å². The van der Waals surface area contributed by atoms with Gasteiger partial charge in [-0.2, -0.15) is 0 Å². The molecular formula is C30H36. The lowest BCUT2D eigenvalue weighted by atomic mass is 9.75. The molecule has 0 spiro atoms. The Labute approximate surface area is 183 Å². The van der Waals surface area contributed by atoms with Gasteiger partial charge in [-0.25, -0.2) is 0 Å². The third kappa shape index (κ3) is 3.49. The SMILES string of the molecule is CC(C)C1=Cc2c3ccc(c2CC1)CC[C@H]1CC=C(CC3)c2ccc(C(C)C)cc21. The molecule has 0 fully saturated rings. The molecule has 4 aliphatic carbocycles. The van der Waals surface area contributed by atoms with Gasteiger partial charge in [-0.1, -0.05) is 75.8 Å². The van der Waals surface area contributed by atoms with Gasteiger partial charge in [-0.15, -0.1) is 0 Å². The molecule has 2 aromatic carbocycles. The van der Waals surface area contributed by atoms with Crippen molar-refractivity contribution >= 4 is 11.6 Å². The van der Waals surface area contributed by atoms with Crippen molar-refractivity contribution in [1.82, 2.24) is 0 Å². The van der Waals surface area contributed by atoms with Gasteiger partial charge < -0.3 is 0 Å². The summed E-state index contributed by atoms with van der Waals surface area (Å²) in [5.41, 5.74) is 14.3. The van der Waals surface area contributed by atoms with E-state index in [0.29, 0.717) is 17.8 Å². The fourth-order valence-electron chi connectivity index (χ4n) is 5.87. The van der Waals surface area contributed by atoms with Crippen LogP contribution in [-0.2, 0) is 19.3 Å². The van der Waals surface area contributed by atoms with Crippen molar-refractivity contribution in [1.29, 1.82) is 0 Å². The number of hydrogen-bond donors (Lipinski definition) is 0. The molecule has 0 amide bonds. The number of rotatable bonds is 2. The minimum absolute atomic E-state index is 0.602. The van der Waals surface area contributed by atoms with Crippen LogP contribution in [0, 0.1) is 5.92 Å². The Kier molecular flexibility index (Phi) is 5.21. The zero-order valence-electron chi connectivity index (χ0n) is 19.2. The smallest absolute Gasteiger partial charge is 0.0118 e. The van der Waals surface area contributed by atoms with Gasteiger partial charge in [0.1, 0.15) is 0 Å². The third-order valence-electron chi connectivity index (χ3n) is 7.88.